The summed E-state index contributed by atoms with van der Waals surface area (Å²) in [5.74, 6) is -0.354. The quantitative estimate of drug-likeness (QED) is 0.490. The molecule has 0 saturated heterocycles. The number of rotatable bonds is 4. The molecule has 27 heavy (non-hydrogen) atoms. The first-order valence-electron chi connectivity index (χ1n) is 8.88. The Labute approximate surface area is 157 Å². The summed E-state index contributed by atoms with van der Waals surface area (Å²) in [6.07, 6.45) is 0. The van der Waals surface area contributed by atoms with Gasteiger partial charge in [-0.1, -0.05) is 48.5 Å². The number of aromatic nitrogens is 1. The van der Waals surface area contributed by atoms with Crippen LogP contribution in [0.3, 0.4) is 0 Å². The fraction of sp³-hybridized carbons (Fsp3) is 0.130. The van der Waals surface area contributed by atoms with Gasteiger partial charge >= 0.3 is 5.97 Å². The molecule has 0 aliphatic carbocycles. The van der Waals surface area contributed by atoms with Gasteiger partial charge in [0.25, 0.3) is 0 Å². The molecule has 0 spiro atoms. The number of nitriles is 1. The predicted octanol–water partition coefficient (Wildman–Crippen LogP) is 4.89. The van der Waals surface area contributed by atoms with Crippen LogP contribution in [-0.2, 0) is 11.3 Å². The monoisotopic (exact) mass is 354 g/mol. The van der Waals surface area contributed by atoms with Crippen LogP contribution in [0.2, 0.25) is 0 Å². The largest absolute Gasteiger partial charge is 0.461 e. The van der Waals surface area contributed by atoms with E-state index in [0.717, 1.165) is 27.2 Å². The van der Waals surface area contributed by atoms with Crippen molar-refractivity contribution in [2.45, 2.75) is 13.5 Å². The first kappa shape index (κ1) is 16.9. The first-order valence-corrected chi connectivity index (χ1v) is 8.88. The third-order valence-corrected chi connectivity index (χ3v) is 4.73. The van der Waals surface area contributed by atoms with Gasteiger partial charge in [0, 0.05) is 11.9 Å². The third kappa shape index (κ3) is 3.04. The number of nitrogens with zero attached hydrogens (tertiary/aromatic N) is 2. The highest BCUT2D eigenvalue weighted by atomic mass is 16.5. The number of benzene rings is 3. The van der Waals surface area contributed by atoms with E-state index in [0.29, 0.717) is 24.4 Å². The highest BCUT2D eigenvalue weighted by Crippen LogP contribution is 2.26. The van der Waals surface area contributed by atoms with Crippen LogP contribution >= 0.6 is 0 Å². The summed E-state index contributed by atoms with van der Waals surface area (Å²) in [7, 11) is 0. The van der Waals surface area contributed by atoms with Crippen molar-refractivity contribution in [3.63, 3.8) is 0 Å². The summed E-state index contributed by atoms with van der Waals surface area (Å²) in [5, 5.41) is 12.5. The van der Waals surface area contributed by atoms with Gasteiger partial charge < -0.3 is 9.30 Å². The van der Waals surface area contributed by atoms with E-state index in [-0.39, 0.29) is 5.97 Å². The number of hydrogen-bond acceptors (Lipinski definition) is 3. The molecule has 4 nitrogen and oxygen atoms in total. The van der Waals surface area contributed by atoms with Gasteiger partial charge in [-0.15, -0.1) is 0 Å². The van der Waals surface area contributed by atoms with Crippen LogP contribution in [0.5, 0.6) is 0 Å². The van der Waals surface area contributed by atoms with Gasteiger partial charge in [-0.2, -0.15) is 5.26 Å². The molecule has 4 heteroatoms. The summed E-state index contributed by atoms with van der Waals surface area (Å²) >= 11 is 0. The van der Waals surface area contributed by atoms with Crippen molar-refractivity contribution in [3.05, 3.63) is 83.6 Å². The molecule has 132 valence electrons. The van der Waals surface area contributed by atoms with Crippen molar-refractivity contribution in [1.29, 1.82) is 5.26 Å². The van der Waals surface area contributed by atoms with Crippen LogP contribution in [-0.4, -0.2) is 17.1 Å². The molecule has 4 rings (SSSR count). The topological polar surface area (TPSA) is 55.0 Å². The number of carbonyl (C=O) groups excluding carboxylic acids is 1. The minimum atomic E-state index is -0.354. The Morgan fingerprint density at radius 3 is 2.67 bits per heavy atom. The molecule has 4 aromatic rings. The standard InChI is InChI=1S/C23H18N2O2/c1-2-27-23(26)22-13-18-11-10-16(14-24)12-21(18)25(22)15-19-8-5-7-17-6-3-4-9-20(17)19/h3-13H,2,15H2,1H3. The predicted molar refractivity (Wildman–Crippen MR) is 106 cm³/mol. The Morgan fingerprint density at radius 2 is 1.85 bits per heavy atom. The maximum absolute atomic E-state index is 12.5. The molecule has 0 bridgehead atoms. The van der Waals surface area contributed by atoms with Crippen molar-refractivity contribution in [2.75, 3.05) is 6.61 Å². The maximum atomic E-state index is 12.5. The van der Waals surface area contributed by atoms with Crippen molar-refractivity contribution in [1.82, 2.24) is 4.57 Å². The molecule has 1 aromatic heterocycles. The number of hydrogen-bond donors (Lipinski definition) is 0. The Kier molecular flexibility index (Phi) is 4.35. The van der Waals surface area contributed by atoms with Gasteiger partial charge in [0.1, 0.15) is 5.69 Å². The second-order valence-electron chi connectivity index (χ2n) is 6.36. The van der Waals surface area contributed by atoms with E-state index in [1.807, 2.05) is 41.0 Å². The molecular weight excluding hydrogens is 336 g/mol. The summed E-state index contributed by atoms with van der Waals surface area (Å²) in [6.45, 7) is 2.63. The minimum absolute atomic E-state index is 0.318. The molecule has 0 aliphatic heterocycles. The second-order valence-corrected chi connectivity index (χ2v) is 6.36. The van der Waals surface area contributed by atoms with Gasteiger partial charge in [0.05, 0.1) is 23.8 Å². The van der Waals surface area contributed by atoms with Crippen molar-refractivity contribution < 1.29 is 9.53 Å². The zero-order valence-electron chi connectivity index (χ0n) is 15.0. The minimum Gasteiger partial charge on any atom is -0.461 e. The Morgan fingerprint density at radius 1 is 1.04 bits per heavy atom. The van der Waals surface area contributed by atoms with Crippen molar-refractivity contribution in [3.8, 4) is 6.07 Å². The van der Waals surface area contributed by atoms with Gasteiger partial charge in [0.15, 0.2) is 0 Å². The summed E-state index contributed by atoms with van der Waals surface area (Å²) in [6, 6.07) is 23.8. The van der Waals surface area contributed by atoms with Crippen LogP contribution in [0.15, 0.2) is 66.7 Å². The molecule has 0 fully saturated rings. The average Bonchev–Trinajstić information content (AvgIpc) is 3.06. The van der Waals surface area contributed by atoms with E-state index in [9.17, 15) is 10.1 Å². The molecule has 0 atom stereocenters. The molecule has 0 saturated carbocycles. The summed E-state index contributed by atoms with van der Waals surface area (Å²) in [4.78, 5) is 12.5. The van der Waals surface area contributed by atoms with Crippen LogP contribution in [0.1, 0.15) is 28.5 Å². The molecule has 0 N–H and O–H groups in total. The van der Waals surface area contributed by atoms with Crippen LogP contribution in [0, 0.1) is 11.3 Å². The molecule has 0 amide bonds. The lowest BCUT2D eigenvalue weighted by Gasteiger charge is -2.12. The lowest BCUT2D eigenvalue weighted by atomic mass is 10.0. The third-order valence-electron chi connectivity index (χ3n) is 4.73. The Bertz CT molecular complexity index is 1190. The zero-order valence-corrected chi connectivity index (χ0v) is 15.0. The number of carbonyl (C=O) groups is 1. The van der Waals surface area contributed by atoms with E-state index in [1.165, 1.54) is 0 Å². The normalized spacial score (nSPS) is 10.8. The molecule has 0 unspecified atom stereocenters. The highest BCUT2D eigenvalue weighted by molar-refractivity contribution is 5.96. The maximum Gasteiger partial charge on any atom is 0.354 e. The molecule has 0 radical (unpaired) electrons. The van der Waals surface area contributed by atoms with Gasteiger partial charge in [-0.05, 0) is 41.5 Å². The van der Waals surface area contributed by atoms with Crippen molar-refractivity contribution in [2.24, 2.45) is 0 Å². The average molecular weight is 354 g/mol. The second kappa shape index (κ2) is 6.97. The smallest absolute Gasteiger partial charge is 0.354 e. The molecule has 3 aromatic carbocycles. The highest BCUT2D eigenvalue weighted by Gasteiger charge is 2.18. The van der Waals surface area contributed by atoms with Gasteiger partial charge in [-0.25, -0.2) is 4.79 Å². The fourth-order valence-corrected chi connectivity index (χ4v) is 3.47. The van der Waals surface area contributed by atoms with E-state index in [2.05, 4.69) is 30.3 Å². The fourth-order valence-electron chi connectivity index (χ4n) is 3.47. The zero-order chi connectivity index (χ0) is 18.8. The Balaban J connectivity index is 1.91. The van der Waals surface area contributed by atoms with E-state index in [1.54, 1.807) is 13.0 Å². The lowest BCUT2D eigenvalue weighted by molar-refractivity contribution is 0.0515. The van der Waals surface area contributed by atoms with Crippen molar-refractivity contribution >= 4 is 27.6 Å². The number of ether oxygens (including phenoxy) is 1. The molecule has 1 heterocycles. The first-order chi connectivity index (χ1) is 13.2. The van der Waals surface area contributed by atoms with Crippen LogP contribution in [0.4, 0.5) is 0 Å². The Hall–Kier alpha value is -3.58. The van der Waals surface area contributed by atoms with Gasteiger partial charge in [-0.3, -0.25) is 0 Å². The molecule has 0 aliphatic rings. The molecular formula is C23H18N2O2. The van der Waals surface area contributed by atoms with E-state index in [4.69, 9.17) is 4.74 Å². The summed E-state index contributed by atoms with van der Waals surface area (Å²) in [5.41, 5.74) is 3.02. The summed E-state index contributed by atoms with van der Waals surface area (Å²) < 4.78 is 7.20. The van der Waals surface area contributed by atoms with E-state index < -0.39 is 0 Å². The van der Waals surface area contributed by atoms with Gasteiger partial charge in [0.2, 0.25) is 0 Å². The van der Waals surface area contributed by atoms with Crippen LogP contribution < -0.4 is 0 Å². The van der Waals surface area contributed by atoms with E-state index >= 15 is 0 Å². The lowest BCUT2D eigenvalue weighted by Crippen LogP contribution is -2.13. The SMILES string of the molecule is CCOC(=O)c1cc2ccc(C#N)cc2n1Cc1cccc2ccccc12. The number of fused-ring (bicyclic) bond motifs is 2. The number of esters is 1. The van der Waals surface area contributed by atoms with Crippen LogP contribution in [0.25, 0.3) is 21.7 Å².